The number of nitrogens with zero attached hydrogens (tertiary/aromatic N) is 1. The lowest BCUT2D eigenvalue weighted by atomic mass is 10.4. The summed E-state index contributed by atoms with van der Waals surface area (Å²) in [7, 11) is -3.95. The maximum Gasteiger partial charge on any atom is 0.323 e. The quantitative estimate of drug-likeness (QED) is 0.574. The lowest BCUT2D eigenvalue weighted by Crippen LogP contribution is -2.47. The van der Waals surface area contributed by atoms with Crippen molar-refractivity contribution in [1.29, 1.82) is 0 Å². The number of nitrogens with two attached hydrogens (primary N) is 1. The molecule has 0 amide bonds. The topological polar surface area (TPSA) is 101 Å². The Kier molecular flexibility index (Phi) is 3.63. The van der Waals surface area contributed by atoms with Crippen LogP contribution in [-0.4, -0.2) is 29.9 Å². The van der Waals surface area contributed by atoms with Gasteiger partial charge >= 0.3 is 5.97 Å². The average molecular weight is 244 g/mol. The Bertz CT molecular complexity index is 472. The predicted molar refractivity (Wildman–Crippen MR) is 56.8 cm³/mol. The maximum atomic E-state index is 11.8. The van der Waals surface area contributed by atoms with Crippen molar-refractivity contribution in [3.8, 4) is 0 Å². The van der Waals surface area contributed by atoms with E-state index < -0.39 is 22.0 Å². The van der Waals surface area contributed by atoms with Crippen LogP contribution < -0.4 is 5.84 Å². The zero-order chi connectivity index (χ0) is 12.3. The van der Waals surface area contributed by atoms with Gasteiger partial charge in [0.1, 0.15) is 6.04 Å². The normalized spacial score (nSPS) is 13.7. The number of hydrogen-bond donors (Lipinski definition) is 2. The number of carbonyl (C=O) groups is 1. The third-order valence-corrected chi connectivity index (χ3v) is 3.80. The van der Waals surface area contributed by atoms with E-state index in [1.54, 1.807) is 6.07 Å². The minimum absolute atomic E-state index is 0.0365. The fourth-order valence-electron chi connectivity index (χ4n) is 1.03. The smallest absolute Gasteiger partial charge is 0.323 e. The number of hydrazine groups is 1. The summed E-state index contributed by atoms with van der Waals surface area (Å²) in [6.45, 7) is 1.20. The van der Waals surface area contributed by atoms with Crippen molar-refractivity contribution in [2.45, 2.75) is 17.9 Å². The van der Waals surface area contributed by atoms with Gasteiger partial charge in [0, 0.05) is 0 Å². The van der Waals surface area contributed by atoms with Crippen molar-refractivity contribution in [1.82, 2.24) is 4.41 Å². The van der Waals surface area contributed by atoms with Gasteiger partial charge in [-0.15, -0.1) is 4.41 Å². The Balaban J connectivity index is 3.09. The van der Waals surface area contributed by atoms with E-state index in [-0.39, 0.29) is 4.90 Å². The molecule has 3 N–H and O–H groups in total. The highest BCUT2D eigenvalue weighted by Crippen LogP contribution is 2.14. The predicted octanol–water partition coefficient (Wildman–Crippen LogP) is 0.0241. The molecule has 7 heteroatoms. The van der Waals surface area contributed by atoms with Crippen molar-refractivity contribution in [2.75, 3.05) is 0 Å². The van der Waals surface area contributed by atoms with E-state index in [1.165, 1.54) is 31.2 Å². The van der Waals surface area contributed by atoms with Gasteiger partial charge in [-0.25, -0.2) is 8.42 Å². The molecule has 0 heterocycles. The molecule has 0 aliphatic rings. The third kappa shape index (κ3) is 2.38. The molecule has 0 fully saturated rings. The highest BCUT2D eigenvalue weighted by Gasteiger charge is 2.29. The second kappa shape index (κ2) is 4.60. The second-order valence-electron chi connectivity index (χ2n) is 3.16. The Hall–Kier alpha value is -1.44. The molecule has 0 bridgehead atoms. The van der Waals surface area contributed by atoms with Crippen molar-refractivity contribution < 1.29 is 18.3 Å². The fraction of sp³-hybridized carbons (Fsp3) is 0.222. The first-order chi connectivity index (χ1) is 7.37. The molecule has 0 spiro atoms. The van der Waals surface area contributed by atoms with Gasteiger partial charge in [-0.1, -0.05) is 18.2 Å². The van der Waals surface area contributed by atoms with Crippen molar-refractivity contribution in [3.05, 3.63) is 30.3 Å². The second-order valence-corrected chi connectivity index (χ2v) is 5.01. The van der Waals surface area contributed by atoms with E-state index in [1.807, 2.05) is 0 Å². The van der Waals surface area contributed by atoms with Crippen LogP contribution in [0.2, 0.25) is 0 Å². The minimum Gasteiger partial charge on any atom is -0.480 e. The molecule has 1 aromatic rings. The minimum atomic E-state index is -3.95. The van der Waals surface area contributed by atoms with Crippen LogP contribution in [0.5, 0.6) is 0 Å². The van der Waals surface area contributed by atoms with Crippen LogP contribution in [-0.2, 0) is 14.8 Å². The average Bonchev–Trinajstić information content (AvgIpc) is 2.28. The van der Waals surface area contributed by atoms with Crippen LogP contribution in [0.1, 0.15) is 6.92 Å². The molecule has 1 rings (SSSR count). The van der Waals surface area contributed by atoms with Crippen molar-refractivity contribution in [2.24, 2.45) is 5.84 Å². The molecule has 0 aromatic heterocycles. The number of carboxylic acids is 1. The number of rotatable bonds is 4. The van der Waals surface area contributed by atoms with Gasteiger partial charge in [-0.05, 0) is 19.1 Å². The van der Waals surface area contributed by atoms with Crippen LogP contribution in [0.25, 0.3) is 0 Å². The summed E-state index contributed by atoms with van der Waals surface area (Å²) in [5.41, 5.74) is 0. The highest BCUT2D eigenvalue weighted by atomic mass is 32.2. The van der Waals surface area contributed by atoms with Gasteiger partial charge in [0.05, 0.1) is 4.90 Å². The van der Waals surface area contributed by atoms with E-state index in [0.717, 1.165) is 0 Å². The van der Waals surface area contributed by atoms with Crippen LogP contribution >= 0.6 is 0 Å². The molecule has 0 aliphatic carbocycles. The molecule has 0 saturated heterocycles. The van der Waals surface area contributed by atoms with Gasteiger partial charge in [0.15, 0.2) is 0 Å². The molecule has 1 unspecified atom stereocenters. The molecule has 6 nitrogen and oxygen atoms in total. The summed E-state index contributed by atoms with van der Waals surface area (Å²) < 4.78 is 24.0. The van der Waals surface area contributed by atoms with E-state index in [9.17, 15) is 13.2 Å². The molecule has 0 aliphatic heterocycles. The van der Waals surface area contributed by atoms with Gasteiger partial charge in [-0.3, -0.25) is 10.6 Å². The lowest BCUT2D eigenvalue weighted by Gasteiger charge is -2.20. The Morgan fingerprint density at radius 2 is 1.88 bits per heavy atom. The highest BCUT2D eigenvalue weighted by molar-refractivity contribution is 7.89. The molecule has 0 saturated carbocycles. The largest absolute Gasteiger partial charge is 0.480 e. The van der Waals surface area contributed by atoms with Crippen molar-refractivity contribution >= 4 is 16.0 Å². The summed E-state index contributed by atoms with van der Waals surface area (Å²) in [6, 6.07) is 6.11. The van der Waals surface area contributed by atoms with E-state index >= 15 is 0 Å². The summed E-state index contributed by atoms with van der Waals surface area (Å²) >= 11 is 0. The SMILES string of the molecule is CC(C(=O)O)N(N)S(=O)(=O)c1ccccc1. The first kappa shape index (κ1) is 12.6. The Morgan fingerprint density at radius 3 is 2.31 bits per heavy atom. The number of hydrogen-bond acceptors (Lipinski definition) is 4. The first-order valence-electron chi connectivity index (χ1n) is 4.44. The van der Waals surface area contributed by atoms with E-state index in [2.05, 4.69) is 0 Å². The molecule has 1 aromatic carbocycles. The fourth-order valence-corrected chi connectivity index (χ4v) is 2.28. The van der Waals surface area contributed by atoms with Gasteiger partial charge in [-0.2, -0.15) is 0 Å². The van der Waals surface area contributed by atoms with E-state index in [0.29, 0.717) is 4.41 Å². The summed E-state index contributed by atoms with van der Waals surface area (Å²) in [6.07, 6.45) is 0. The summed E-state index contributed by atoms with van der Waals surface area (Å²) in [4.78, 5) is 10.6. The number of carboxylic acid groups (broad SMARTS) is 1. The zero-order valence-electron chi connectivity index (χ0n) is 8.57. The monoisotopic (exact) mass is 244 g/mol. The standard InChI is InChI=1S/C9H12N2O4S/c1-7(9(12)13)11(10)16(14,15)8-5-3-2-4-6-8/h2-7H,10H2,1H3,(H,12,13). The Labute approximate surface area is 93.3 Å². The Morgan fingerprint density at radius 1 is 1.38 bits per heavy atom. The summed E-state index contributed by atoms with van der Waals surface area (Å²) in [5.74, 6) is 3.99. The van der Waals surface area contributed by atoms with Crippen LogP contribution in [0.3, 0.4) is 0 Å². The van der Waals surface area contributed by atoms with Gasteiger partial charge in [0.25, 0.3) is 10.0 Å². The van der Waals surface area contributed by atoms with Crippen molar-refractivity contribution in [3.63, 3.8) is 0 Å². The molecular formula is C9H12N2O4S. The van der Waals surface area contributed by atoms with Gasteiger partial charge in [0.2, 0.25) is 0 Å². The first-order valence-corrected chi connectivity index (χ1v) is 5.88. The van der Waals surface area contributed by atoms with Gasteiger partial charge < -0.3 is 5.11 Å². The number of aliphatic carboxylic acids is 1. The molecular weight excluding hydrogens is 232 g/mol. The number of sulfonamides is 1. The van der Waals surface area contributed by atoms with Crippen LogP contribution in [0.15, 0.2) is 35.2 Å². The molecule has 1 atom stereocenters. The molecule has 16 heavy (non-hydrogen) atoms. The third-order valence-electron chi connectivity index (χ3n) is 2.06. The maximum absolute atomic E-state index is 11.8. The van der Waals surface area contributed by atoms with Crippen LogP contribution in [0, 0.1) is 0 Å². The zero-order valence-corrected chi connectivity index (χ0v) is 9.39. The van der Waals surface area contributed by atoms with Crippen LogP contribution in [0.4, 0.5) is 0 Å². The molecule has 88 valence electrons. The van der Waals surface area contributed by atoms with E-state index in [4.69, 9.17) is 10.9 Å². The summed E-state index contributed by atoms with van der Waals surface area (Å²) in [5, 5.41) is 8.68. The number of benzene rings is 1. The lowest BCUT2D eigenvalue weighted by molar-refractivity contribution is -0.140. The molecule has 0 radical (unpaired) electrons.